The second kappa shape index (κ2) is 8.06. The van der Waals surface area contributed by atoms with Gasteiger partial charge >= 0.3 is 0 Å². The summed E-state index contributed by atoms with van der Waals surface area (Å²) in [4.78, 5) is 0. The zero-order chi connectivity index (χ0) is 16.1. The van der Waals surface area contributed by atoms with Gasteiger partial charge in [0, 0.05) is 16.6 Å². The molecule has 0 aromatic heterocycles. The van der Waals surface area contributed by atoms with Gasteiger partial charge in [0.1, 0.15) is 6.61 Å². The number of ether oxygens (including phenoxy) is 2. The highest BCUT2D eigenvalue weighted by atomic mass is 79.9. The topological polar surface area (TPSA) is 30.5 Å². The van der Waals surface area contributed by atoms with Crippen LogP contribution in [0.4, 0.5) is 0 Å². The summed E-state index contributed by atoms with van der Waals surface area (Å²) in [5, 5.41) is 4.17. The molecule has 0 heterocycles. The predicted molar refractivity (Wildman–Crippen MR) is 94.3 cm³/mol. The molecular formula is C16H16BrCl2NO2. The van der Waals surface area contributed by atoms with Crippen LogP contribution < -0.4 is 14.8 Å². The van der Waals surface area contributed by atoms with E-state index in [9.17, 15) is 0 Å². The second-order valence-corrected chi connectivity index (χ2v) is 6.29. The molecule has 6 heteroatoms. The van der Waals surface area contributed by atoms with Crippen LogP contribution in [0.3, 0.4) is 0 Å². The van der Waals surface area contributed by atoms with Crippen LogP contribution in [0.1, 0.15) is 11.1 Å². The minimum Gasteiger partial charge on any atom is -0.493 e. The number of rotatable bonds is 6. The molecule has 0 aliphatic carbocycles. The third kappa shape index (κ3) is 4.07. The van der Waals surface area contributed by atoms with E-state index in [4.69, 9.17) is 32.7 Å². The fourth-order valence-electron chi connectivity index (χ4n) is 2.03. The van der Waals surface area contributed by atoms with Crippen molar-refractivity contribution >= 4 is 39.1 Å². The Balaban J connectivity index is 2.27. The molecule has 0 atom stereocenters. The van der Waals surface area contributed by atoms with E-state index in [1.165, 1.54) is 0 Å². The highest BCUT2D eigenvalue weighted by molar-refractivity contribution is 9.10. The molecule has 0 fully saturated rings. The summed E-state index contributed by atoms with van der Waals surface area (Å²) in [7, 11) is 3.51. The lowest BCUT2D eigenvalue weighted by Gasteiger charge is -2.16. The molecule has 118 valence electrons. The van der Waals surface area contributed by atoms with Crippen molar-refractivity contribution in [3.8, 4) is 11.5 Å². The molecule has 0 amide bonds. The molecule has 2 aromatic carbocycles. The molecule has 2 rings (SSSR count). The summed E-state index contributed by atoms with van der Waals surface area (Å²) in [5.41, 5.74) is 1.94. The van der Waals surface area contributed by atoms with Crippen LogP contribution in [-0.4, -0.2) is 14.2 Å². The maximum atomic E-state index is 6.03. The van der Waals surface area contributed by atoms with Crippen molar-refractivity contribution in [2.45, 2.75) is 13.2 Å². The maximum Gasteiger partial charge on any atom is 0.167 e. The summed E-state index contributed by atoms with van der Waals surface area (Å²) in [6, 6.07) is 9.25. The van der Waals surface area contributed by atoms with E-state index in [1.54, 1.807) is 19.2 Å². The van der Waals surface area contributed by atoms with Gasteiger partial charge in [0.05, 0.1) is 17.2 Å². The Morgan fingerprint density at radius 3 is 2.55 bits per heavy atom. The fraction of sp³-hybridized carbons (Fsp3) is 0.250. The van der Waals surface area contributed by atoms with Gasteiger partial charge in [-0.2, -0.15) is 0 Å². The second-order valence-electron chi connectivity index (χ2n) is 4.62. The van der Waals surface area contributed by atoms with Crippen molar-refractivity contribution in [2.24, 2.45) is 0 Å². The Kier molecular flexibility index (Phi) is 6.38. The number of methoxy groups -OCH3 is 1. The maximum absolute atomic E-state index is 6.03. The van der Waals surface area contributed by atoms with Gasteiger partial charge in [0.25, 0.3) is 0 Å². The number of hydrogen-bond acceptors (Lipinski definition) is 3. The van der Waals surface area contributed by atoms with Crippen molar-refractivity contribution in [2.75, 3.05) is 14.2 Å². The Labute approximate surface area is 148 Å². The first kappa shape index (κ1) is 17.4. The van der Waals surface area contributed by atoms with Gasteiger partial charge in [-0.05, 0) is 36.9 Å². The lowest BCUT2D eigenvalue weighted by Crippen LogP contribution is -2.09. The average molecular weight is 405 g/mol. The SMILES string of the molecule is CNCc1c(Br)ccc(OC)c1OCc1ccc(Cl)c(Cl)c1. The molecule has 0 spiro atoms. The van der Waals surface area contributed by atoms with E-state index in [0.29, 0.717) is 34.7 Å². The highest BCUT2D eigenvalue weighted by Gasteiger charge is 2.14. The minimum absolute atomic E-state index is 0.375. The molecule has 0 saturated carbocycles. The predicted octanol–water partition coefficient (Wildman–Crippen LogP) is 5.06. The first-order chi connectivity index (χ1) is 10.6. The summed E-state index contributed by atoms with van der Waals surface area (Å²) in [6.07, 6.45) is 0. The first-order valence-electron chi connectivity index (χ1n) is 6.63. The zero-order valence-corrected chi connectivity index (χ0v) is 15.3. The molecule has 0 radical (unpaired) electrons. The van der Waals surface area contributed by atoms with Crippen LogP contribution in [0.15, 0.2) is 34.8 Å². The van der Waals surface area contributed by atoms with Crippen LogP contribution in [0, 0.1) is 0 Å². The van der Waals surface area contributed by atoms with Crippen molar-refractivity contribution in [3.05, 3.63) is 56.0 Å². The molecule has 22 heavy (non-hydrogen) atoms. The minimum atomic E-state index is 0.375. The van der Waals surface area contributed by atoms with E-state index in [0.717, 1.165) is 15.6 Å². The lowest BCUT2D eigenvalue weighted by molar-refractivity contribution is 0.280. The van der Waals surface area contributed by atoms with E-state index in [-0.39, 0.29) is 0 Å². The summed E-state index contributed by atoms with van der Waals surface area (Å²) in [6.45, 7) is 1.04. The Hall–Kier alpha value is -0.940. The fourth-order valence-corrected chi connectivity index (χ4v) is 2.80. The summed E-state index contributed by atoms with van der Waals surface area (Å²) in [5.74, 6) is 1.39. The largest absolute Gasteiger partial charge is 0.493 e. The Morgan fingerprint density at radius 1 is 1.14 bits per heavy atom. The van der Waals surface area contributed by atoms with Gasteiger partial charge < -0.3 is 14.8 Å². The molecule has 2 aromatic rings. The van der Waals surface area contributed by atoms with Crippen LogP contribution in [0.5, 0.6) is 11.5 Å². The quantitative estimate of drug-likeness (QED) is 0.729. The van der Waals surface area contributed by atoms with E-state index in [2.05, 4.69) is 21.2 Å². The molecule has 0 aliphatic rings. The molecule has 3 nitrogen and oxygen atoms in total. The van der Waals surface area contributed by atoms with Crippen molar-refractivity contribution in [3.63, 3.8) is 0 Å². The van der Waals surface area contributed by atoms with Gasteiger partial charge in [-0.25, -0.2) is 0 Å². The molecular weight excluding hydrogens is 389 g/mol. The van der Waals surface area contributed by atoms with Crippen molar-refractivity contribution in [1.82, 2.24) is 5.32 Å². The molecule has 0 bridgehead atoms. The van der Waals surface area contributed by atoms with Crippen LogP contribution in [0.2, 0.25) is 10.0 Å². The Bertz CT molecular complexity index is 665. The molecule has 0 aliphatic heterocycles. The third-order valence-corrected chi connectivity index (χ3v) is 4.59. The monoisotopic (exact) mass is 403 g/mol. The van der Waals surface area contributed by atoms with E-state index >= 15 is 0 Å². The molecule has 0 unspecified atom stereocenters. The molecule has 1 N–H and O–H groups in total. The van der Waals surface area contributed by atoms with Gasteiger partial charge in [-0.3, -0.25) is 0 Å². The van der Waals surface area contributed by atoms with E-state index < -0.39 is 0 Å². The summed E-state index contributed by atoms with van der Waals surface area (Å²) >= 11 is 15.5. The highest BCUT2D eigenvalue weighted by Crippen LogP contribution is 2.37. The van der Waals surface area contributed by atoms with Gasteiger partial charge in [0.15, 0.2) is 11.5 Å². The first-order valence-corrected chi connectivity index (χ1v) is 8.18. The van der Waals surface area contributed by atoms with Crippen LogP contribution in [-0.2, 0) is 13.2 Å². The van der Waals surface area contributed by atoms with Crippen molar-refractivity contribution in [1.29, 1.82) is 0 Å². The van der Waals surface area contributed by atoms with Gasteiger partial charge in [-0.1, -0.05) is 45.2 Å². The zero-order valence-electron chi connectivity index (χ0n) is 12.3. The Morgan fingerprint density at radius 2 is 1.91 bits per heavy atom. The number of halogens is 3. The van der Waals surface area contributed by atoms with Gasteiger partial charge in [0.2, 0.25) is 0 Å². The standard InChI is InChI=1S/C16H16BrCl2NO2/c1-20-8-11-12(17)4-6-15(21-2)16(11)22-9-10-3-5-13(18)14(19)7-10/h3-7,20H,8-9H2,1-2H3. The number of nitrogens with one attached hydrogen (secondary N) is 1. The van der Waals surface area contributed by atoms with Crippen molar-refractivity contribution < 1.29 is 9.47 Å². The van der Waals surface area contributed by atoms with Crippen LogP contribution in [0.25, 0.3) is 0 Å². The molecule has 0 saturated heterocycles. The van der Waals surface area contributed by atoms with Crippen LogP contribution >= 0.6 is 39.1 Å². The number of benzene rings is 2. The van der Waals surface area contributed by atoms with E-state index in [1.807, 2.05) is 25.2 Å². The third-order valence-electron chi connectivity index (χ3n) is 3.11. The normalized spacial score (nSPS) is 10.6. The summed E-state index contributed by atoms with van der Waals surface area (Å²) < 4.78 is 12.3. The number of hydrogen-bond donors (Lipinski definition) is 1. The van der Waals surface area contributed by atoms with Gasteiger partial charge in [-0.15, -0.1) is 0 Å². The average Bonchev–Trinajstić information content (AvgIpc) is 2.51. The smallest absolute Gasteiger partial charge is 0.167 e. The lowest BCUT2D eigenvalue weighted by atomic mass is 10.1.